The molecule has 0 aliphatic rings. The molecule has 1 heterocycles. The summed E-state index contributed by atoms with van der Waals surface area (Å²) in [5.74, 6) is -0.455. The van der Waals surface area contributed by atoms with Gasteiger partial charge in [0.2, 0.25) is 0 Å². The molecule has 3 rings (SSSR count). The second-order valence-electron chi connectivity index (χ2n) is 5.52. The molecule has 0 radical (unpaired) electrons. The number of carboxylic acid groups (broad SMARTS) is 1. The summed E-state index contributed by atoms with van der Waals surface area (Å²) in [6.07, 6.45) is 0.409. The van der Waals surface area contributed by atoms with E-state index in [1.54, 1.807) is 30.3 Å². The van der Waals surface area contributed by atoms with E-state index in [1.165, 1.54) is 0 Å². The van der Waals surface area contributed by atoms with E-state index in [9.17, 15) is 9.90 Å². The van der Waals surface area contributed by atoms with E-state index in [4.69, 9.17) is 34.8 Å². The van der Waals surface area contributed by atoms with Crippen molar-refractivity contribution in [2.75, 3.05) is 0 Å². The van der Waals surface area contributed by atoms with E-state index in [1.807, 2.05) is 6.07 Å². The second kappa shape index (κ2) is 7.01. The number of rotatable bonds is 5. The molecule has 2 N–H and O–H groups in total. The fraction of sp³-hybridized carbons (Fsp3) is 0.176. The lowest BCUT2D eigenvalue weighted by atomic mass is 9.92. The van der Waals surface area contributed by atoms with E-state index in [0.717, 1.165) is 16.6 Å². The Morgan fingerprint density at radius 3 is 2.62 bits per heavy atom. The van der Waals surface area contributed by atoms with Crippen LogP contribution in [0.25, 0.3) is 11.0 Å². The van der Waals surface area contributed by atoms with Crippen LogP contribution in [0.15, 0.2) is 36.4 Å². The first-order valence-electron chi connectivity index (χ1n) is 7.23. The molecular formula is C17H13Cl3N2O2. The summed E-state index contributed by atoms with van der Waals surface area (Å²) in [6, 6.07) is 10.6. The van der Waals surface area contributed by atoms with Crippen LogP contribution in [-0.4, -0.2) is 21.0 Å². The molecule has 0 spiro atoms. The Morgan fingerprint density at radius 1 is 1.12 bits per heavy atom. The molecule has 2 aromatic carbocycles. The van der Waals surface area contributed by atoms with Crippen LogP contribution in [0.1, 0.15) is 23.7 Å². The van der Waals surface area contributed by atoms with Crippen molar-refractivity contribution in [1.82, 2.24) is 9.97 Å². The molecule has 124 valence electrons. The van der Waals surface area contributed by atoms with Gasteiger partial charge >= 0.3 is 5.97 Å². The van der Waals surface area contributed by atoms with E-state index in [2.05, 4.69) is 9.97 Å². The van der Waals surface area contributed by atoms with Gasteiger partial charge < -0.3 is 10.1 Å². The first kappa shape index (κ1) is 17.1. The number of benzene rings is 2. The van der Waals surface area contributed by atoms with E-state index >= 15 is 0 Å². The maximum absolute atomic E-state index is 11.2. The molecule has 1 atom stereocenters. The van der Waals surface area contributed by atoms with Crippen molar-refractivity contribution < 1.29 is 9.90 Å². The number of halogens is 3. The minimum absolute atomic E-state index is 0.0320. The van der Waals surface area contributed by atoms with Crippen molar-refractivity contribution in [2.45, 2.75) is 18.8 Å². The topological polar surface area (TPSA) is 66.0 Å². The Hall–Kier alpha value is -1.75. The van der Waals surface area contributed by atoms with Crippen LogP contribution >= 0.6 is 34.8 Å². The Bertz CT molecular complexity index is 908. The summed E-state index contributed by atoms with van der Waals surface area (Å²) in [7, 11) is 0. The number of nitrogens with one attached hydrogen (secondary N) is 1. The molecule has 0 aliphatic heterocycles. The fourth-order valence-corrected chi connectivity index (χ4v) is 3.12. The smallest absolute Gasteiger partial charge is 0.303 e. The third-order valence-corrected chi connectivity index (χ3v) is 4.74. The zero-order chi connectivity index (χ0) is 17.3. The van der Waals surface area contributed by atoms with Gasteiger partial charge in [-0.25, -0.2) is 4.98 Å². The standard InChI is InChI=1S/C17H13Cl3N2O2/c18-11-2-4-14-15(8-11)22-16(21-14)6-10(7-17(23)24)9-1-3-12(19)13(20)5-9/h1-5,8,10H,6-7H2,(H,21,22)(H,23,24). The van der Waals surface area contributed by atoms with Crippen molar-refractivity contribution >= 4 is 51.8 Å². The van der Waals surface area contributed by atoms with E-state index in [0.29, 0.717) is 27.3 Å². The van der Waals surface area contributed by atoms with Gasteiger partial charge in [0.25, 0.3) is 0 Å². The van der Waals surface area contributed by atoms with Gasteiger partial charge in [0.05, 0.1) is 27.5 Å². The average molecular weight is 384 g/mol. The highest BCUT2D eigenvalue weighted by atomic mass is 35.5. The molecule has 0 saturated heterocycles. The zero-order valence-corrected chi connectivity index (χ0v) is 14.7. The molecule has 4 nitrogen and oxygen atoms in total. The van der Waals surface area contributed by atoms with Gasteiger partial charge in [-0.15, -0.1) is 0 Å². The van der Waals surface area contributed by atoms with Crippen LogP contribution in [0.3, 0.4) is 0 Å². The number of carboxylic acids is 1. The predicted molar refractivity (Wildman–Crippen MR) is 96.3 cm³/mol. The molecule has 0 aliphatic carbocycles. The van der Waals surface area contributed by atoms with Gasteiger partial charge in [0.1, 0.15) is 5.82 Å². The Labute approximate surface area is 153 Å². The van der Waals surface area contributed by atoms with Gasteiger partial charge in [0, 0.05) is 17.4 Å². The summed E-state index contributed by atoms with van der Waals surface area (Å²) < 4.78 is 0. The minimum Gasteiger partial charge on any atom is -0.481 e. The van der Waals surface area contributed by atoms with E-state index in [-0.39, 0.29) is 12.3 Å². The van der Waals surface area contributed by atoms with Crippen LogP contribution < -0.4 is 0 Å². The lowest BCUT2D eigenvalue weighted by molar-refractivity contribution is -0.137. The second-order valence-corrected chi connectivity index (χ2v) is 6.77. The maximum Gasteiger partial charge on any atom is 0.303 e. The monoisotopic (exact) mass is 382 g/mol. The van der Waals surface area contributed by atoms with Crippen LogP contribution in [-0.2, 0) is 11.2 Å². The highest BCUT2D eigenvalue weighted by Gasteiger charge is 2.19. The first-order valence-corrected chi connectivity index (χ1v) is 8.36. The Kier molecular flexibility index (Phi) is 4.99. The molecule has 1 aromatic heterocycles. The number of imidazole rings is 1. The molecule has 7 heteroatoms. The summed E-state index contributed by atoms with van der Waals surface area (Å²) in [5, 5.41) is 10.7. The number of carbonyl (C=O) groups is 1. The van der Waals surface area contributed by atoms with Crippen molar-refractivity contribution in [3.8, 4) is 0 Å². The van der Waals surface area contributed by atoms with Crippen molar-refractivity contribution in [3.63, 3.8) is 0 Å². The average Bonchev–Trinajstić information content (AvgIpc) is 2.90. The van der Waals surface area contributed by atoms with Crippen molar-refractivity contribution in [2.24, 2.45) is 0 Å². The number of nitrogens with zero attached hydrogens (tertiary/aromatic N) is 1. The highest BCUT2D eigenvalue weighted by molar-refractivity contribution is 6.42. The van der Waals surface area contributed by atoms with Crippen LogP contribution in [0.4, 0.5) is 0 Å². The molecule has 0 bridgehead atoms. The van der Waals surface area contributed by atoms with Gasteiger partial charge in [0.15, 0.2) is 0 Å². The third-order valence-electron chi connectivity index (χ3n) is 3.77. The van der Waals surface area contributed by atoms with Gasteiger partial charge in [-0.05, 0) is 35.9 Å². The summed E-state index contributed by atoms with van der Waals surface area (Å²) in [5.41, 5.74) is 2.42. The van der Waals surface area contributed by atoms with Crippen LogP contribution in [0.2, 0.25) is 15.1 Å². The number of aromatic amines is 1. The SMILES string of the molecule is O=C(O)CC(Cc1nc2cc(Cl)ccc2[nH]1)c1ccc(Cl)c(Cl)c1. The molecule has 0 fully saturated rings. The third kappa shape index (κ3) is 3.83. The molecular weight excluding hydrogens is 371 g/mol. The largest absolute Gasteiger partial charge is 0.481 e. The quantitative estimate of drug-likeness (QED) is 0.626. The normalized spacial score (nSPS) is 12.5. The number of aliphatic carboxylic acids is 1. The molecule has 3 aromatic rings. The number of H-pyrrole nitrogens is 1. The van der Waals surface area contributed by atoms with Gasteiger partial charge in [-0.2, -0.15) is 0 Å². The molecule has 24 heavy (non-hydrogen) atoms. The van der Waals surface area contributed by atoms with E-state index < -0.39 is 5.97 Å². The van der Waals surface area contributed by atoms with Crippen LogP contribution in [0, 0.1) is 0 Å². The number of aromatic nitrogens is 2. The fourth-order valence-electron chi connectivity index (χ4n) is 2.65. The minimum atomic E-state index is -0.884. The molecule has 0 saturated carbocycles. The maximum atomic E-state index is 11.2. The summed E-state index contributed by atoms with van der Waals surface area (Å²) in [4.78, 5) is 18.9. The van der Waals surface area contributed by atoms with Gasteiger partial charge in [-0.1, -0.05) is 40.9 Å². The van der Waals surface area contributed by atoms with Crippen molar-refractivity contribution in [3.05, 3.63) is 62.9 Å². The Balaban J connectivity index is 1.92. The first-order chi connectivity index (χ1) is 11.4. The van der Waals surface area contributed by atoms with Crippen molar-refractivity contribution in [1.29, 1.82) is 0 Å². The predicted octanol–water partition coefficient (Wildman–Crippen LogP) is 5.32. The molecule has 0 amide bonds. The lowest BCUT2D eigenvalue weighted by Gasteiger charge is -2.14. The molecule has 1 unspecified atom stereocenters. The number of hydrogen-bond acceptors (Lipinski definition) is 2. The number of hydrogen-bond donors (Lipinski definition) is 2. The summed E-state index contributed by atoms with van der Waals surface area (Å²) in [6.45, 7) is 0. The summed E-state index contributed by atoms with van der Waals surface area (Å²) >= 11 is 18.0. The van der Waals surface area contributed by atoms with Crippen LogP contribution in [0.5, 0.6) is 0 Å². The zero-order valence-electron chi connectivity index (χ0n) is 12.4. The Morgan fingerprint density at radius 2 is 1.92 bits per heavy atom. The lowest BCUT2D eigenvalue weighted by Crippen LogP contribution is -2.10. The highest BCUT2D eigenvalue weighted by Crippen LogP contribution is 2.30. The number of fused-ring (bicyclic) bond motifs is 1. The van der Waals surface area contributed by atoms with Gasteiger partial charge in [-0.3, -0.25) is 4.79 Å².